The average Bonchev–Trinajstić information content (AvgIpc) is 2.71. The van der Waals surface area contributed by atoms with Crippen molar-refractivity contribution >= 4 is 11.9 Å². The molecule has 0 saturated heterocycles. The Labute approximate surface area is 173 Å². The van der Waals surface area contributed by atoms with Gasteiger partial charge in [-0.25, -0.2) is 9.59 Å². The highest BCUT2D eigenvalue weighted by Gasteiger charge is 2.17. The molecule has 0 amide bonds. The molecule has 164 valence electrons. The first-order valence-corrected chi connectivity index (χ1v) is 11.6. The Morgan fingerprint density at radius 3 is 1.71 bits per heavy atom. The Balaban J connectivity index is 4.74. The smallest absolute Gasteiger partial charge is 0.334 e. The Kier molecular flexibility index (Phi) is 16.9. The third-order valence-electron chi connectivity index (χ3n) is 5.35. The molecule has 4 nitrogen and oxygen atoms in total. The Hall–Kier alpha value is -1.32. The fourth-order valence-corrected chi connectivity index (χ4v) is 3.07. The SMILES string of the molecule is CCCCC(=CC(=O)OCC(CC)CCCC)C(=O)OCC(CC)CCCC. The molecule has 4 heteroatoms. The summed E-state index contributed by atoms with van der Waals surface area (Å²) in [6.45, 7) is 11.5. The molecule has 0 aromatic carbocycles. The summed E-state index contributed by atoms with van der Waals surface area (Å²) in [5.41, 5.74) is 0.443. The van der Waals surface area contributed by atoms with Crippen molar-refractivity contribution in [2.45, 2.75) is 105 Å². The molecule has 0 fully saturated rings. The van der Waals surface area contributed by atoms with E-state index in [4.69, 9.17) is 9.47 Å². The number of carbonyl (C=O) groups excluding carboxylic acids is 2. The van der Waals surface area contributed by atoms with Crippen LogP contribution < -0.4 is 0 Å². The van der Waals surface area contributed by atoms with Crippen LogP contribution in [0.5, 0.6) is 0 Å². The molecule has 2 unspecified atom stereocenters. The molecule has 0 N–H and O–H groups in total. The number of rotatable bonds is 17. The normalized spacial score (nSPS) is 13.8. The van der Waals surface area contributed by atoms with E-state index in [9.17, 15) is 9.59 Å². The van der Waals surface area contributed by atoms with Gasteiger partial charge in [0.15, 0.2) is 0 Å². The molecule has 2 atom stereocenters. The van der Waals surface area contributed by atoms with Crippen molar-refractivity contribution in [2.24, 2.45) is 11.8 Å². The number of hydrogen-bond donors (Lipinski definition) is 0. The van der Waals surface area contributed by atoms with E-state index >= 15 is 0 Å². The van der Waals surface area contributed by atoms with E-state index in [1.807, 2.05) is 0 Å². The first kappa shape index (κ1) is 26.7. The molecule has 28 heavy (non-hydrogen) atoms. The van der Waals surface area contributed by atoms with E-state index < -0.39 is 5.97 Å². The number of hydrogen-bond acceptors (Lipinski definition) is 4. The molecular formula is C24H44O4. The second kappa shape index (κ2) is 17.8. The lowest BCUT2D eigenvalue weighted by molar-refractivity contribution is -0.143. The van der Waals surface area contributed by atoms with Crippen molar-refractivity contribution in [2.75, 3.05) is 13.2 Å². The predicted octanol–water partition coefficient (Wildman–Crippen LogP) is 6.62. The Morgan fingerprint density at radius 2 is 1.25 bits per heavy atom. The lowest BCUT2D eigenvalue weighted by atomic mass is 10.0. The molecule has 0 aliphatic carbocycles. The molecule has 0 bridgehead atoms. The van der Waals surface area contributed by atoms with Gasteiger partial charge in [0.25, 0.3) is 0 Å². The van der Waals surface area contributed by atoms with E-state index in [1.165, 1.54) is 6.08 Å². The van der Waals surface area contributed by atoms with Crippen LogP contribution >= 0.6 is 0 Å². The van der Waals surface area contributed by atoms with E-state index in [0.29, 0.717) is 37.0 Å². The molecule has 0 aromatic rings. The largest absolute Gasteiger partial charge is 0.462 e. The maximum absolute atomic E-state index is 12.5. The van der Waals surface area contributed by atoms with Crippen LogP contribution in [0.2, 0.25) is 0 Å². The van der Waals surface area contributed by atoms with E-state index in [-0.39, 0.29) is 5.97 Å². The fourth-order valence-electron chi connectivity index (χ4n) is 3.07. The van der Waals surface area contributed by atoms with Crippen molar-refractivity contribution in [1.82, 2.24) is 0 Å². The van der Waals surface area contributed by atoms with Crippen LogP contribution in [-0.2, 0) is 19.1 Å². The van der Waals surface area contributed by atoms with Gasteiger partial charge in [-0.05, 0) is 37.5 Å². The van der Waals surface area contributed by atoms with Crippen molar-refractivity contribution < 1.29 is 19.1 Å². The minimum absolute atomic E-state index is 0.363. The molecular weight excluding hydrogens is 352 g/mol. The van der Waals surface area contributed by atoms with Gasteiger partial charge in [-0.15, -0.1) is 0 Å². The van der Waals surface area contributed by atoms with Gasteiger partial charge in [0, 0.05) is 11.6 Å². The van der Waals surface area contributed by atoms with Gasteiger partial charge in [0.05, 0.1) is 13.2 Å². The summed E-state index contributed by atoms with van der Waals surface area (Å²) in [6, 6.07) is 0. The van der Waals surface area contributed by atoms with Crippen LogP contribution in [-0.4, -0.2) is 25.2 Å². The van der Waals surface area contributed by atoms with Gasteiger partial charge >= 0.3 is 11.9 Å². The predicted molar refractivity (Wildman–Crippen MR) is 116 cm³/mol. The van der Waals surface area contributed by atoms with Crippen molar-refractivity contribution in [3.8, 4) is 0 Å². The van der Waals surface area contributed by atoms with Crippen LogP contribution in [0.15, 0.2) is 11.6 Å². The van der Waals surface area contributed by atoms with Crippen LogP contribution in [0.1, 0.15) is 105 Å². The van der Waals surface area contributed by atoms with Gasteiger partial charge in [-0.1, -0.05) is 79.6 Å². The lowest BCUT2D eigenvalue weighted by Gasteiger charge is -2.16. The van der Waals surface area contributed by atoms with Crippen LogP contribution in [0.25, 0.3) is 0 Å². The molecule has 0 rings (SSSR count). The van der Waals surface area contributed by atoms with Gasteiger partial charge in [-0.3, -0.25) is 0 Å². The zero-order valence-corrected chi connectivity index (χ0v) is 19.1. The Morgan fingerprint density at radius 1 is 0.750 bits per heavy atom. The van der Waals surface area contributed by atoms with Crippen molar-refractivity contribution in [3.63, 3.8) is 0 Å². The quantitative estimate of drug-likeness (QED) is 0.205. The lowest BCUT2D eigenvalue weighted by Crippen LogP contribution is -2.17. The van der Waals surface area contributed by atoms with Gasteiger partial charge in [0.1, 0.15) is 0 Å². The molecule has 0 aliphatic heterocycles. The Bertz CT molecular complexity index is 442. The number of carbonyl (C=O) groups is 2. The van der Waals surface area contributed by atoms with E-state index in [0.717, 1.165) is 64.2 Å². The zero-order chi connectivity index (χ0) is 21.2. The van der Waals surface area contributed by atoms with Gasteiger partial charge < -0.3 is 9.47 Å². The summed E-state index contributed by atoms with van der Waals surface area (Å²) < 4.78 is 11.0. The summed E-state index contributed by atoms with van der Waals surface area (Å²) >= 11 is 0. The fraction of sp³-hybridized carbons (Fsp3) is 0.833. The summed E-state index contributed by atoms with van der Waals surface area (Å²) in [5, 5.41) is 0. The summed E-state index contributed by atoms with van der Waals surface area (Å²) in [4.78, 5) is 24.8. The minimum Gasteiger partial charge on any atom is -0.462 e. The number of ether oxygens (including phenoxy) is 2. The molecule has 0 aliphatic rings. The highest BCUT2D eigenvalue weighted by atomic mass is 16.5. The van der Waals surface area contributed by atoms with Gasteiger partial charge in [0.2, 0.25) is 0 Å². The average molecular weight is 397 g/mol. The zero-order valence-electron chi connectivity index (χ0n) is 19.1. The van der Waals surface area contributed by atoms with Crippen molar-refractivity contribution in [1.29, 1.82) is 0 Å². The standard InChI is InChI=1S/C24H44O4/c1-6-11-14-20(9-4)18-27-23(25)17-22(16-13-8-3)24(26)28-19-21(10-5)15-12-7-2/h17,20-21H,6-16,18-19H2,1-5H3. The van der Waals surface area contributed by atoms with E-state index in [1.54, 1.807) is 0 Å². The maximum atomic E-state index is 12.5. The monoisotopic (exact) mass is 396 g/mol. The third kappa shape index (κ3) is 13.0. The van der Waals surface area contributed by atoms with Crippen LogP contribution in [0.4, 0.5) is 0 Å². The summed E-state index contributed by atoms with van der Waals surface area (Å²) in [6.07, 6.45) is 12.5. The molecule has 0 saturated carbocycles. The number of esters is 2. The molecule has 0 aromatic heterocycles. The topological polar surface area (TPSA) is 52.6 Å². The second-order valence-electron chi connectivity index (χ2n) is 7.83. The number of unbranched alkanes of at least 4 members (excludes halogenated alkanes) is 3. The minimum atomic E-state index is -0.420. The third-order valence-corrected chi connectivity index (χ3v) is 5.35. The summed E-state index contributed by atoms with van der Waals surface area (Å²) in [7, 11) is 0. The van der Waals surface area contributed by atoms with Crippen LogP contribution in [0, 0.1) is 11.8 Å². The first-order valence-electron chi connectivity index (χ1n) is 11.6. The van der Waals surface area contributed by atoms with E-state index in [2.05, 4.69) is 34.6 Å². The molecule has 0 radical (unpaired) electrons. The summed E-state index contributed by atoms with van der Waals surface area (Å²) in [5.74, 6) is 0.00813. The van der Waals surface area contributed by atoms with Gasteiger partial charge in [-0.2, -0.15) is 0 Å². The van der Waals surface area contributed by atoms with Crippen LogP contribution in [0.3, 0.4) is 0 Å². The first-order chi connectivity index (χ1) is 13.5. The molecule has 0 spiro atoms. The maximum Gasteiger partial charge on any atom is 0.334 e. The molecule has 0 heterocycles. The van der Waals surface area contributed by atoms with Crippen molar-refractivity contribution in [3.05, 3.63) is 11.6 Å². The second-order valence-corrected chi connectivity index (χ2v) is 7.83. The highest BCUT2D eigenvalue weighted by Crippen LogP contribution is 2.17. The highest BCUT2D eigenvalue weighted by molar-refractivity contribution is 5.96.